The van der Waals surface area contributed by atoms with Crippen LogP contribution in [0.4, 0.5) is 4.39 Å². The predicted molar refractivity (Wildman–Crippen MR) is 72.4 cm³/mol. The normalized spacial score (nSPS) is 20.8. The molecule has 1 saturated heterocycles. The van der Waals surface area contributed by atoms with E-state index in [9.17, 15) is 9.18 Å². The van der Waals surface area contributed by atoms with Crippen LogP contribution in [0.25, 0.3) is 0 Å². The van der Waals surface area contributed by atoms with Crippen molar-refractivity contribution in [2.75, 3.05) is 6.67 Å². The number of alkyl halides is 1. The van der Waals surface area contributed by atoms with Crippen molar-refractivity contribution >= 4 is 12.6 Å². The van der Waals surface area contributed by atoms with E-state index in [4.69, 9.17) is 9.31 Å². The Morgan fingerprint density at radius 1 is 1.26 bits per heavy atom. The zero-order valence-electron chi connectivity index (χ0n) is 11.8. The van der Waals surface area contributed by atoms with Gasteiger partial charge in [0.2, 0.25) is 5.56 Å². The maximum Gasteiger partial charge on any atom is 0.495 e. The van der Waals surface area contributed by atoms with Crippen molar-refractivity contribution in [3.63, 3.8) is 0 Å². The number of nitrogens with zero attached hydrogens (tertiary/aromatic N) is 1. The van der Waals surface area contributed by atoms with E-state index in [1.807, 2.05) is 27.7 Å². The lowest BCUT2D eigenvalue weighted by atomic mass is 9.80. The van der Waals surface area contributed by atoms with Crippen molar-refractivity contribution in [1.82, 2.24) is 4.57 Å². The third-order valence-electron chi connectivity index (χ3n) is 3.87. The first-order valence-electron chi connectivity index (χ1n) is 6.39. The molecular weight excluding hydrogens is 248 g/mol. The molecule has 6 heteroatoms. The molecule has 4 nitrogen and oxygen atoms in total. The first kappa shape index (κ1) is 14.3. The van der Waals surface area contributed by atoms with Gasteiger partial charge in [-0.3, -0.25) is 4.79 Å². The summed E-state index contributed by atoms with van der Waals surface area (Å²) in [4.78, 5) is 11.8. The molecule has 104 valence electrons. The lowest BCUT2D eigenvalue weighted by Gasteiger charge is -2.32. The molecule has 0 saturated carbocycles. The van der Waals surface area contributed by atoms with Crippen LogP contribution in [0.2, 0.25) is 0 Å². The number of hydrogen-bond acceptors (Lipinski definition) is 3. The van der Waals surface area contributed by atoms with Crippen molar-refractivity contribution in [3.8, 4) is 0 Å². The van der Waals surface area contributed by atoms with Gasteiger partial charge in [-0.1, -0.05) is 0 Å². The molecule has 0 spiro atoms. The molecule has 1 aliphatic heterocycles. The van der Waals surface area contributed by atoms with Crippen molar-refractivity contribution in [1.29, 1.82) is 0 Å². The monoisotopic (exact) mass is 267 g/mol. The summed E-state index contributed by atoms with van der Waals surface area (Å²) in [6, 6.07) is 3.18. The van der Waals surface area contributed by atoms with E-state index < -0.39 is 25.0 Å². The van der Waals surface area contributed by atoms with E-state index in [0.29, 0.717) is 5.46 Å². The van der Waals surface area contributed by atoms with E-state index in [2.05, 4.69) is 0 Å². The Labute approximate surface area is 112 Å². The van der Waals surface area contributed by atoms with Crippen LogP contribution in [-0.4, -0.2) is 29.6 Å². The van der Waals surface area contributed by atoms with Crippen molar-refractivity contribution in [2.24, 2.45) is 0 Å². The van der Waals surface area contributed by atoms with Gasteiger partial charge in [0.1, 0.15) is 6.67 Å². The fourth-order valence-corrected chi connectivity index (χ4v) is 1.92. The Morgan fingerprint density at radius 2 is 1.84 bits per heavy atom. The number of pyridine rings is 1. The molecule has 0 bridgehead atoms. The summed E-state index contributed by atoms with van der Waals surface area (Å²) < 4.78 is 25.3. The predicted octanol–water partition coefficient (Wildman–Crippen LogP) is 1.12. The Bertz CT molecular complexity index is 511. The number of rotatable bonds is 3. The average Bonchev–Trinajstić information content (AvgIpc) is 2.51. The van der Waals surface area contributed by atoms with Crippen LogP contribution < -0.4 is 11.0 Å². The van der Waals surface area contributed by atoms with Gasteiger partial charge in [0.25, 0.3) is 0 Å². The lowest BCUT2D eigenvalue weighted by Crippen LogP contribution is -2.41. The molecular formula is C13H19BFNO3. The molecule has 1 aromatic heterocycles. The van der Waals surface area contributed by atoms with E-state index in [0.717, 1.165) is 0 Å². The van der Waals surface area contributed by atoms with Crippen LogP contribution in [0.15, 0.2) is 23.1 Å². The smallest absolute Gasteiger partial charge is 0.399 e. The van der Waals surface area contributed by atoms with Crippen LogP contribution in [0.1, 0.15) is 27.7 Å². The van der Waals surface area contributed by atoms with Crippen molar-refractivity contribution < 1.29 is 13.7 Å². The van der Waals surface area contributed by atoms with Gasteiger partial charge in [0.15, 0.2) is 0 Å². The van der Waals surface area contributed by atoms with E-state index in [1.165, 1.54) is 10.6 Å². The highest BCUT2D eigenvalue weighted by Crippen LogP contribution is 2.36. The molecule has 2 rings (SSSR count). The van der Waals surface area contributed by atoms with Crippen molar-refractivity contribution in [2.45, 2.75) is 45.4 Å². The second-order valence-electron chi connectivity index (χ2n) is 5.77. The summed E-state index contributed by atoms with van der Waals surface area (Å²) in [5.41, 5.74) is -0.458. The molecule has 0 atom stereocenters. The topological polar surface area (TPSA) is 40.5 Å². The maximum atomic E-state index is 12.3. The summed E-state index contributed by atoms with van der Waals surface area (Å²) in [6.07, 6.45) is 1.57. The van der Waals surface area contributed by atoms with Crippen LogP contribution >= 0.6 is 0 Å². The van der Waals surface area contributed by atoms with Gasteiger partial charge in [-0.05, 0) is 39.2 Å². The van der Waals surface area contributed by atoms with Crippen LogP contribution in [0.5, 0.6) is 0 Å². The Morgan fingerprint density at radius 3 is 2.32 bits per heavy atom. The number of hydrogen-bond donors (Lipinski definition) is 0. The van der Waals surface area contributed by atoms with E-state index in [1.54, 1.807) is 12.3 Å². The molecule has 0 aliphatic carbocycles. The second-order valence-corrected chi connectivity index (χ2v) is 5.77. The molecule has 19 heavy (non-hydrogen) atoms. The number of aromatic nitrogens is 1. The van der Waals surface area contributed by atoms with Gasteiger partial charge in [-0.2, -0.15) is 0 Å². The van der Waals surface area contributed by atoms with Gasteiger partial charge >= 0.3 is 7.12 Å². The summed E-state index contributed by atoms with van der Waals surface area (Å²) in [6.45, 7) is 7.33. The summed E-state index contributed by atoms with van der Waals surface area (Å²) in [7, 11) is -0.558. The fourth-order valence-electron chi connectivity index (χ4n) is 1.92. The van der Waals surface area contributed by atoms with E-state index in [-0.39, 0.29) is 12.1 Å². The molecule has 0 aromatic carbocycles. The molecule has 2 heterocycles. The molecule has 0 unspecified atom stereocenters. The molecule has 1 aromatic rings. The van der Waals surface area contributed by atoms with Gasteiger partial charge in [0, 0.05) is 12.3 Å². The third kappa shape index (κ3) is 2.60. The van der Waals surface area contributed by atoms with Crippen LogP contribution in [0, 0.1) is 0 Å². The minimum absolute atomic E-state index is 0.0719. The first-order valence-corrected chi connectivity index (χ1v) is 6.39. The highest BCUT2D eigenvalue weighted by molar-refractivity contribution is 6.62. The molecule has 1 fully saturated rings. The third-order valence-corrected chi connectivity index (χ3v) is 3.87. The molecule has 0 amide bonds. The highest BCUT2D eigenvalue weighted by Gasteiger charge is 2.51. The van der Waals surface area contributed by atoms with Crippen molar-refractivity contribution in [3.05, 3.63) is 28.7 Å². The minimum Gasteiger partial charge on any atom is -0.399 e. The standard InChI is InChI=1S/C13H19BFNO3/c1-12(2)13(3,4)19-14(18-12)10-5-7-16(8-6-15)11(17)9-10/h5,7,9H,6,8H2,1-4H3. The summed E-state index contributed by atoms with van der Waals surface area (Å²) >= 11 is 0. The highest BCUT2D eigenvalue weighted by atomic mass is 19.1. The number of aryl methyl sites for hydroxylation is 1. The molecule has 1 aliphatic rings. The summed E-state index contributed by atoms with van der Waals surface area (Å²) in [5, 5.41) is 0. The zero-order chi connectivity index (χ0) is 14.3. The molecule has 0 radical (unpaired) electrons. The maximum absolute atomic E-state index is 12.3. The Hall–Kier alpha value is -1.14. The summed E-state index contributed by atoms with van der Waals surface area (Å²) in [5.74, 6) is 0. The minimum atomic E-state index is -0.560. The van der Waals surface area contributed by atoms with Gasteiger partial charge in [-0.15, -0.1) is 0 Å². The van der Waals surface area contributed by atoms with Gasteiger partial charge in [-0.25, -0.2) is 4.39 Å². The Balaban J connectivity index is 2.26. The van der Waals surface area contributed by atoms with Gasteiger partial charge < -0.3 is 13.9 Å². The lowest BCUT2D eigenvalue weighted by molar-refractivity contribution is 0.00578. The molecule has 0 N–H and O–H groups in total. The number of halogens is 1. The average molecular weight is 267 g/mol. The Kier molecular flexibility index (Phi) is 3.58. The SMILES string of the molecule is CC1(C)OB(c2ccn(CCF)c(=O)c2)OC1(C)C. The first-order chi connectivity index (χ1) is 8.77. The van der Waals surface area contributed by atoms with Crippen LogP contribution in [-0.2, 0) is 15.9 Å². The van der Waals surface area contributed by atoms with Crippen LogP contribution in [0.3, 0.4) is 0 Å². The largest absolute Gasteiger partial charge is 0.495 e. The fraction of sp³-hybridized carbons (Fsp3) is 0.615. The quantitative estimate of drug-likeness (QED) is 0.770. The second kappa shape index (κ2) is 4.76. The van der Waals surface area contributed by atoms with E-state index >= 15 is 0 Å². The zero-order valence-corrected chi connectivity index (χ0v) is 11.8. The van der Waals surface area contributed by atoms with Gasteiger partial charge in [0.05, 0.1) is 17.7 Å².